The van der Waals surface area contributed by atoms with Gasteiger partial charge in [-0.15, -0.1) is 0 Å². The summed E-state index contributed by atoms with van der Waals surface area (Å²) in [6.45, 7) is 18.2. The lowest BCUT2D eigenvalue weighted by Crippen LogP contribution is -2.32. The van der Waals surface area contributed by atoms with Crippen LogP contribution in [0.4, 0.5) is 11.6 Å². The van der Waals surface area contributed by atoms with Crippen LogP contribution < -0.4 is 11.0 Å². The van der Waals surface area contributed by atoms with Gasteiger partial charge < -0.3 is 0 Å². The maximum absolute atomic E-state index is 5.79. The summed E-state index contributed by atoms with van der Waals surface area (Å²) >= 11 is 0. The second kappa shape index (κ2) is 12.4. The Labute approximate surface area is 374 Å². The monoisotopic (exact) mass is 838 g/mol. The normalized spacial score (nSPS) is 14.7. The second-order valence-corrected chi connectivity index (χ2v) is 18.4. The van der Waals surface area contributed by atoms with Crippen LogP contribution in [0, 0.1) is 55.4 Å². The van der Waals surface area contributed by atoms with E-state index in [-0.39, 0.29) is 0 Å². The minimum atomic E-state index is 0.358. The van der Waals surface area contributed by atoms with Crippen LogP contribution in [0.1, 0.15) is 66.8 Å². The van der Waals surface area contributed by atoms with Crippen LogP contribution in [0.5, 0.6) is 0 Å². The van der Waals surface area contributed by atoms with Crippen molar-refractivity contribution in [1.82, 2.24) is 9.13 Å². The highest BCUT2D eigenvalue weighted by atomic mass is 15.3. The maximum Gasteiger partial charge on any atom is 0.165 e. The molecule has 0 spiro atoms. The van der Waals surface area contributed by atoms with Gasteiger partial charge in [-0.1, -0.05) is 97.1 Å². The van der Waals surface area contributed by atoms with Crippen molar-refractivity contribution in [3.8, 4) is 0 Å². The number of aromatic nitrogens is 2. The molecular formula is C57H42N8. The molecule has 4 aliphatic rings. The standard InChI is InChI=1S/C57H42N8/c1-26-34-17-9-10-18-35(34)27(2)43-42(26)50-58-51(43)61-55-48-32(7)40-23-15-16-24-41(40)33(8)49(48)57-63-53-45-29(4)37-20-12-11-19-36(37)28(3)44(45)52(59-53)62-56-47-31(6)39-22-14-13-21-38(39)30(5)46(47)54(60-50)64(56)25-65(55)57/h9-24H,25H2,1-8H3. The average molecular weight is 839 g/mol. The maximum atomic E-state index is 5.79. The Morgan fingerprint density at radius 3 is 0.862 bits per heavy atom. The summed E-state index contributed by atoms with van der Waals surface area (Å²) in [5.74, 6) is 4.29. The van der Waals surface area contributed by atoms with Gasteiger partial charge in [-0.25, -0.2) is 30.0 Å². The molecule has 0 unspecified atom stereocenters. The zero-order valence-electron chi connectivity index (χ0n) is 37.5. The van der Waals surface area contributed by atoms with E-state index in [1.807, 2.05) is 0 Å². The minimum Gasteiger partial charge on any atom is -0.291 e. The first-order valence-corrected chi connectivity index (χ1v) is 22.5. The summed E-state index contributed by atoms with van der Waals surface area (Å²) in [4.78, 5) is 34.2. The third-order valence-electron chi connectivity index (χ3n) is 15.3. The molecule has 0 fully saturated rings. The highest BCUT2D eigenvalue weighted by molar-refractivity contribution is 6.29. The largest absolute Gasteiger partial charge is 0.291 e. The number of hydrogen-bond acceptors (Lipinski definition) is 6. The van der Waals surface area contributed by atoms with Crippen LogP contribution in [0.25, 0.3) is 64.6 Å². The van der Waals surface area contributed by atoms with Crippen molar-refractivity contribution >= 4 is 99.6 Å². The van der Waals surface area contributed by atoms with Crippen LogP contribution in [0.15, 0.2) is 127 Å². The lowest BCUT2D eigenvalue weighted by Gasteiger charge is -2.14. The molecule has 6 heterocycles. The highest BCUT2D eigenvalue weighted by Gasteiger charge is 2.35. The summed E-state index contributed by atoms with van der Waals surface area (Å²) in [5, 5.41) is 13.8. The Morgan fingerprint density at radius 2 is 0.554 bits per heavy atom. The highest BCUT2D eigenvalue weighted by Crippen LogP contribution is 2.48. The molecule has 8 nitrogen and oxygen atoms in total. The van der Waals surface area contributed by atoms with E-state index >= 15 is 0 Å². The first kappa shape index (κ1) is 36.6. The fourth-order valence-corrected chi connectivity index (χ4v) is 12.1. The number of nitrogens with zero attached hydrogens (tertiary/aromatic N) is 8. The van der Waals surface area contributed by atoms with Crippen molar-refractivity contribution in [3.63, 3.8) is 0 Å². The van der Waals surface area contributed by atoms with E-state index in [1.165, 1.54) is 43.1 Å². The van der Waals surface area contributed by atoms with Crippen molar-refractivity contribution in [2.75, 3.05) is 0 Å². The van der Waals surface area contributed by atoms with E-state index in [4.69, 9.17) is 30.0 Å². The third-order valence-corrected chi connectivity index (χ3v) is 15.3. The zero-order valence-corrected chi connectivity index (χ0v) is 37.5. The van der Waals surface area contributed by atoms with Gasteiger partial charge in [-0.2, -0.15) is 0 Å². The van der Waals surface area contributed by atoms with E-state index in [2.05, 4.69) is 162 Å². The van der Waals surface area contributed by atoms with Gasteiger partial charge in [0.05, 0.1) is 0 Å². The van der Waals surface area contributed by atoms with Gasteiger partial charge in [-0.05, 0) is 143 Å². The lowest BCUT2D eigenvalue weighted by molar-refractivity contribution is 0.583. The number of fused-ring (bicyclic) bond motifs is 18. The molecule has 0 radical (unpaired) electrons. The number of benzene rings is 8. The van der Waals surface area contributed by atoms with Gasteiger partial charge in [0.25, 0.3) is 0 Å². The van der Waals surface area contributed by atoms with Gasteiger partial charge >= 0.3 is 0 Å². The zero-order chi connectivity index (χ0) is 43.9. The molecule has 65 heavy (non-hydrogen) atoms. The molecule has 6 bridgehead atoms. The Kier molecular flexibility index (Phi) is 7.01. The van der Waals surface area contributed by atoms with Crippen molar-refractivity contribution in [3.05, 3.63) is 175 Å². The van der Waals surface area contributed by atoms with Crippen molar-refractivity contribution in [2.24, 2.45) is 30.0 Å². The summed E-state index contributed by atoms with van der Waals surface area (Å²) in [5.41, 5.74) is 14.9. The Hall–Kier alpha value is -7.84. The van der Waals surface area contributed by atoms with E-state index in [1.54, 1.807) is 0 Å². The van der Waals surface area contributed by atoms with Crippen LogP contribution >= 0.6 is 0 Å². The SMILES string of the molecule is Cc1c2c(c(C)c3ccccc13)C1=Nc3c4c(C)c5ccccc5c(C)c4c4n3Cn3c(c5c(C)c6ccccc6c(C)c5c3=NC3=NC(=N4)c4c3c(C)c3ccccc3c4C)=NC2=N1. The van der Waals surface area contributed by atoms with Crippen molar-refractivity contribution in [1.29, 1.82) is 0 Å². The predicted molar refractivity (Wildman–Crippen MR) is 268 cm³/mol. The first-order valence-electron chi connectivity index (χ1n) is 22.5. The molecule has 0 N–H and O–H groups in total. The van der Waals surface area contributed by atoms with Crippen LogP contribution in [-0.4, -0.2) is 32.5 Å². The Bertz CT molecular complexity index is 4010. The number of aryl methyl sites for hydroxylation is 8. The van der Waals surface area contributed by atoms with Crippen molar-refractivity contribution < 1.29 is 0 Å². The summed E-state index contributed by atoms with van der Waals surface area (Å²) < 4.78 is 4.63. The molecule has 2 aromatic heterocycles. The fourth-order valence-electron chi connectivity index (χ4n) is 12.1. The average Bonchev–Trinajstić information content (AvgIpc) is 4.05. The van der Waals surface area contributed by atoms with Crippen molar-refractivity contribution in [2.45, 2.75) is 62.1 Å². The summed E-state index contributed by atoms with van der Waals surface area (Å²) in [6.07, 6.45) is 0. The molecule has 10 aromatic rings. The van der Waals surface area contributed by atoms with Gasteiger partial charge in [0, 0.05) is 43.8 Å². The molecule has 14 rings (SSSR count). The Balaban J connectivity index is 1.28. The molecule has 8 aromatic carbocycles. The number of hydrogen-bond donors (Lipinski definition) is 0. The van der Waals surface area contributed by atoms with Gasteiger partial charge in [0.1, 0.15) is 29.3 Å². The number of aliphatic imine (C=N–C) groups is 4. The summed E-state index contributed by atoms with van der Waals surface area (Å²) in [6, 6.07) is 34.8. The smallest absolute Gasteiger partial charge is 0.165 e. The molecule has 310 valence electrons. The molecule has 0 amide bonds. The van der Waals surface area contributed by atoms with Gasteiger partial charge in [-0.3, -0.25) is 9.13 Å². The van der Waals surface area contributed by atoms with E-state index < -0.39 is 0 Å². The molecule has 0 aliphatic carbocycles. The molecule has 0 saturated heterocycles. The van der Waals surface area contributed by atoms with E-state index in [0.717, 1.165) is 111 Å². The molecular weight excluding hydrogens is 797 g/mol. The minimum absolute atomic E-state index is 0.358. The summed E-state index contributed by atoms with van der Waals surface area (Å²) in [7, 11) is 0. The Morgan fingerprint density at radius 1 is 0.292 bits per heavy atom. The van der Waals surface area contributed by atoms with Crippen LogP contribution in [0.2, 0.25) is 0 Å². The lowest BCUT2D eigenvalue weighted by atomic mass is 9.90. The third kappa shape index (κ3) is 4.46. The van der Waals surface area contributed by atoms with Crippen LogP contribution in [-0.2, 0) is 6.67 Å². The van der Waals surface area contributed by atoms with E-state index in [9.17, 15) is 0 Å². The van der Waals surface area contributed by atoms with Gasteiger partial charge in [0.2, 0.25) is 0 Å². The second-order valence-electron chi connectivity index (χ2n) is 18.4. The van der Waals surface area contributed by atoms with Crippen LogP contribution in [0.3, 0.4) is 0 Å². The topological polar surface area (TPSA) is 84.0 Å². The molecule has 0 saturated carbocycles. The first-order chi connectivity index (χ1) is 31.6. The molecule has 4 aliphatic heterocycles. The predicted octanol–water partition coefficient (Wildman–Crippen LogP) is 12.1. The van der Waals surface area contributed by atoms with Gasteiger partial charge in [0.15, 0.2) is 23.3 Å². The fraction of sp³-hybridized carbons (Fsp3) is 0.158. The number of amidine groups is 4. The molecule has 0 atom stereocenters. The quantitative estimate of drug-likeness (QED) is 0.146. The molecule has 8 heteroatoms. The van der Waals surface area contributed by atoms with E-state index in [0.29, 0.717) is 30.0 Å². The number of rotatable bonds is 0.